The Morgan fingerprint density at radius 2 is 2.19 bits per heavy atom. The first-order valence-corrected chi connectivity index (χ1v) is 6.36. The number of rotatable bonds is 6. The van der Waals surface area contributed by atoms with Crippen molar-refractivity contribution in [3.63, 3.8) is 0 Å². The Balaban J connectivity index is 2.62. The van der Waals surface area contributed by atoms with Crippen molar-refractivity contribution in [2.75, 3.05) is 0 Å². The van der Waals surface area contributed by atoms with Gasteiger partial charge in [-0.2, -0.15) is 0 Å². The summed E-state index contributed by atoms with van der Waals surface area (Å²) in [6.45, 7) is 2.15. The van der Waals surface area contributed by atoms with Crippen LogP contribution in [0, 0.1) is 5.82 Å². The van der Waals surface area contributed by atoms with E-state index in [2.05, 4.69) is 28.3 Å². The summed E-state index contributed by atoms with van der Waals surface area (Å²) in [6, 6.07) is 5.16. The topological polar surface area (TPSA) is 38.0 Å². The molecule has 1 rings (SSSR count). The van der Waals surface area contributed by atoms with Crippen molar-refractivity contribution in [1.82, 2.24) is 5.43 Å². The molecule has 1 unspecified atom stereocenters. The first-order chi connectivity index (χ1) is 7.65. The average molecular weight is 289 g/mol. The summed E-state index contributed by atoms with van der Waals surface area (Å²) in [7, 11) is 0. The van der Waals surface area contributed by atoms with Crippen molar-refractivity contribution in [2.24, 2.45) is 5.84 Å². The van der Waals surface area contributed by atoms with Gasteiger partial charge in [0.2, 0.25) is 0 Å². The molecule has 0 saturated carbocycles. The zero-order chi connectivity index (χ0) is 12.0. The van der Waals surface area contributed by atoms with E-state index in [-0.39, 0.29) is 11.9 Å². The summed E-state index contributed by atoms with van der Waals surface area (Å²) < 4.78 is 13.9. The molecule has 0 spiro atoms. The van der Waals surface area contributed by atoms with E-state index in [1.165, 1.54) is 6.07 Å². The predicted octanol–water partition coefficient (Wildman–Crippen LogP) is 3.15. The highest BCUT2D eigenvalue weighted by molar-refractivity contribution is 9.10. The van der Waals surface area contributed by atoms with Gasteiger partial charge >= 0.3 is 0 Å². The molecule has 0 radical (unpaired) electrons. The van der Waals surface area contributed by atoms with E-state index in [0.717, 1.165) is 35.7 Å². The zero-order valence-electron chi connectivity index (χ0n) is 9.47. The van der Waals surface area contributed by atoms with Crippen molar-refractivity contribution < 1.29 is 4.39 Å². The molecule has 16 heavy (non-hydrogen) atoms. The van der Waals surface area contributed by atoms with Crippen molar-refractivity contribution in [2.45, 2.75) is 38.6 Å². The summed E-state index contributed by atoms with van der Waals surface area (Å²) >= 11 is 3.29. The molecule has 0 aromatic heterocycles. The number of hydrogen-bond acceptors (Lipinski definition) is 2. The SMILES string of the molecule is CCCCC(Cc1cc(F)cc(Br)c1)NN. The Labute approximate surface area is 105 Å². The lowest BCUT2D eigenvalue weighted by Gasteiger charge is -2.15. The van der Waals surface area contributed by atoms with Crippen LogP contribution in [-0.2, 0) is 6.42 Å². The zero-order valence-corrected chi connectivity index (χ0v) is 11.1. The molecular weight excluding hydrogens is 271 g/mol. The molecule has 0 aliphatic carbocycles. The third-order valence-electron chi connectivity index (χ3n) is 2.55. The third-order valence-corrected chi connectivity index (χ3v) is 3.00. The van der Waals surface area contributed by atoms with E-state index in [4.69, 9.17) is 5.84 Å². The molecule has 4 heteroatoms. The quantitative estimate of drug-likeness (QED) is 0.623. The van der Waals surface area contributed by atoms with Crippen molar-refractivity contribution >= 4 is 15.9 Å². The minimum Gasteiger partial charge on any atom is -0.271 e. The largest absolute Gasteiger partial charge is 0.271 e. The van der Waals surface area contributed by atoms with E-state index >= 15 is 0 Å². The summed E-state index contributed by atoms with van der Waals surface area (Å²) in [5, 5.41) is 0. The van der Waals surface area contributed by atoms with Gasteiger partial charge < -0.3 is 0 Å². The highest BCUT2D eigenvalue weighted by Gasteiger charge is 2.08. The highest BCUT2D eigenvalue weighted by atomic mass is 79.9. The summed E-state index contributed by atoms with van der Waals surface area (Å²) in [4.78, 5) is 0. The van der Waals surface area contributed by atoms with E-state index < -0.39 is 0 Å². The normalized spacial score (nSPS) is 12.8. The van der Waals surface area contributed by atoms with Gasteiger partial charge in [-0.15, -0.1) is 0 Å². The van der Waals surface area contributed by atoms with Gasteiger partial charge in [-0.25, -0.2) is 4.39 Å². The Morgan fingerprint density at radius 3 is 2.75 bits per heavy atom. The van der Waals surface area contributed by atoms with Crippen LogP contribution in [0.1, 0.15) is 31.7 Å². The summed E-state index contributed by atoms with van der Waals surface area (Å²) in [5.41, 5.74) is 3.75. The molecule has 0 heterocycles. The lowest BCUT2D eigenvalue weighted by atomic mass is 10.0. The van der Waals surface area contributed by atoms with Gasteiger partial charge in [-0.3, -0.25) is 11.3 Å². The van der Waals surface area contributed by atoms with Crippen molar-refractivity contribution in [3.8, 4) is 0 Å². The van der Waals surface area contributed by atoms with Crippen LogP contribution in [0.3, 0.4) is 0 Å². The van der Waals surface area contributed by atoms with Gasteiger partial charge in [0.1, 0.15) is 5.82 Å². The third kappa shape index (κ3) is 4.60. The van der Waals surface area contributed by atoms with Crippen LogP contribution >= 0.6 is 15.9 Å². The van der Waals surface area contributed by atoms with Gasteiger partial charge in [-0.1, -0.05) is 35.7 Å². The van der Waals surface area contributed by atoms with Gasteiger partial charge in [0.15, 0.2) is 0 Å². The minimum atomic E-state index is -0.212. The van der Waals surface area contributed by atoms with Gasteiger partial charge in [-0.05, 0) is 36.6 Å². The Kier molecular flexibility index (Phi) is 5.95. The lowest BCUT2D eigenvalue weighted by molar-refractivity contribution is 0.472. The van der Waals surface area contributed by atoms with E-state index in [1.807, 2.05) is 6.07 Å². The average Bonchev–Trinajstić information content (AvgIpc) is 2.22. The summed E-state index contributed by atoms with van der Waals surface area (Å²) in [5.74, 6) is 5.27. The number of halogens is 2. The van der Waals surface area contributed by atoms with Crippen LogP contribution in [0.15, 0.2) is 22.7 Å². The number of benzene rings is 1. The minimum absolute atomic E-state index is 0.212. The van der Waals surface area contributed by atoms with Crippen LogP contribution in [0.4, 0.5) is 4.39 Å². The fourth-order valence-corrected chi connectivity index (χ4v) is 2.22. The van der Waals surface area contributed by atoms with Crippen LogP contribution in [0.25, 0.3) is 0 Å². The second kappa shape index (κ2) is 6.99. The van der Waals surface area contributed by atoms with Gasteiger partial charge in [0.05, 0.1) is 0 Å². The molecule has 2 nitrogen and oxygen atoms in total. The fourth-order valence-electron chi connectivity index (χ4n) is 1.71. The Bertz CT molecular complexity index is 311. The first-order valence-electron chi connectivity index (χ1n) is 5.56. The highest BCUT2D eigenvalue weighted by Crippen LogP contribution is 2.17. The number of hydrazine groups is 1. The van der Waals surface area contributed by atoms with E-state index in [0.29, 0.717) is 0 Å². The second-order valence-corrected chi connectivity index (χ2v) is 4.90. The second-order valence-electron chi connectivity index (χ2n) is 3.99. The maximum atomic E-state index is 13.2. The first kappa shape index (κ1) is 13.6. The van der Waals surface area contributed by atoms with Crippen molar-refractivity contribution in [1.29, 1.82) is 0 Å². The molecule has 1 atom stereocenters. The lowest BCUT2D eigenvalue weighted by Crippen LogP contribution is -2.36. The Hall–Kier alpha value is -0.450. The van der Waals surface area contributed by atoms with E-state index in [1.54, 1.807) is 6.07 Å². The molecule has 0 aliphatic heterocycles. The van der Waals surface area contributed by atoms with Gasteiger partial charge in [0.25, 0.3) is 0 Å². The molecule has 0 amide bonds. The molecule has 0 saturated heterocycles. The van der Waals surface area contributed by atoms with Crippen LogP contribution < -0.4 is 11.3 Å². The monoisotopic (exact) mass is 288 g/mol. The number of nitrogens with two attached hydrogens (primary N) is 1. The fraction of sp³-hybridized carbons (Fsp3) is 0.500. The number of nitrogens with one attached hydrogen (secondary N) is 1. The maximum Gasteiger partial charge on any atom is 0.124 e. The molecule has 1 aromatic carbocycles. The van der Waals surface area contributed by atoms with Crippen LogP contribution in [0.2, 0.25) is 0 Å². The van der Waals surface area contributed by atoms with Crippen LogP contribution in [-0.4, -0.2) is 6.04 Å². The molecule has 90 valence electrons. The molecule has 3 N–H and O–H groups in total. The standard InChI is InChI=1S/C12H18BrFN2/c1-2-3-4-12(16-15)7-9-5-10(13)8-11(14)6-9/h5-6,8,12,16H,2-4,7,15H2,1H3. The van der Waals surface area contributed by atoms with E-state index in [9.17, 15) is 4.39 Å². The predicted molar refractivity (Wildman–Crippen MR) is 68.4 cm³/mol. The Morgan fingerprint density at radius 1 is 1.44 bits per heavy atom. The molecule has 0 aliphatic rings. The molecule has 0 bridgehead atoms. The summed E-state index contributed by atoms with van der Waals surface area (Å²) in [6.07, 6.45) is 4.05. The smallest absolute Gasteiger partial charge is 0.124 e. The van der Waals surface area contributed by atoms with Crippen molar-refractivity contribution in [3.05, 3.63) is 34.1 Å². The number of unbranched alkanes of at least 4 members (excludes halogenated alkanes) is 1. The molecule has 0 fully saturated rings. The number of hydrogen-bond donors (Lipinski definition) is 2. The van der Waals surface area contributed by atoms with Gasteiger partial charge in [0, 0.05) is 10.5 Å². The van der Waals surface area contributed by atoms with Crippen LogP contribution in [0.5, 0.6) is 0 Å². The molecular formula is C12H18BrFN2. The molecule has 1 aromatic rings. The maximum absolute atomic E-state index is 13.2.